The van der Waals surface area contributed by atoms with E-state index in [1.165, 1.54) is 6.42 Å². The number of H-pyrrole nitrogens is 1. The predicted octanol–water partition coefficient (Wildman–Crippen LogP) is 1.12. The summed E-state index contributed by atoms with van der Waals surface area (Å²) >= 11 is 0. The van der Waals surface area contributed by atoms with Crippen LogP contribution in [0.5, 0.6) is 0 Å². The Bertz CT molecular complexity index is 534. The van der Waals surface area contributed by atoms with Gasteiger partial charge in [0.05, 0.1) is 0 Å². The summed E-state index contributed by atoms with van der Waals surface area (Å²) in [6, 6.07) is 3.96. The third-order valence-corrected chi connectivity index (χ3v) is 4.42. The van der Waals surface area contributed by atoms with Crippen molar-refractivity contribution in [3.63, 3.8) is 0 Å². The summed E-state index contributed by atoms with van der Waals surface area (Å²) in [5, 5.41) is 3.50. The number of nitrogens with zero attached hydrogens (tertiary/aromatic N) is 1. The van der Waals surface area contributed by atoms with Crippen LogP contribution in [0.3, 0.4) is 0 Å². The fraction of sp³-hybridized carbons (Fsp3) is 0.600. The molecule has 2 unspecified atom stereocenters. The number of hydrogen-bond acceptors (Lipinski definition) is 3. The Morgan fingerprint density at radius 3 is 2.90 bits per heavy atom. The molecule has 0 saturated carbocycles. The third kappa shape index (κ3) is 2.50. The summed E-state index contributed by atoms with van der Waals surface area (Å²) in [5.41, 5.74) is -0.0291. The van der Waals surface area contributed by atoms with Gasteiger partial charge >= 0.3 is 0 Å². The molecular weight excluding hydrogens is 254 g/mol. The van der Waals surface area contributed by atoms with Crippen molar-refractivity contribution in [2.75, 3.05) is 13.1 Å². The molecule has 2 fully saturated rings. The zero-order valence-corrected chi connectivity index (χ0v) is 11.6. The number of amides is 1. The molecule has 0 aliphatic carbocycles. The first-order valence-corrected chi connectivity index (χ1v) is 7.49. The Balaban J connectivity index is 1.84. The Labute approximate surface area is 118 Å². The van der Waals surface area contributed by atoms with Crippen LogP contribution in [0.2, 0.25) is 0 Å². The molecule has 0 aromatic carbocycles. The van der Waals surface area contributed by atoms with Crippen LogP contribution in [-0.2, 0) is 0 Å². The molecule has 20 heavy (non-hydrogen) atoms. The van der Waals surface area contributed by atoms with Gasteiger partial charge in [-0.15, -0.1) is 0 Å². The van der Waals surface area contributed by atoms with Crippen LogP contribution in [0.1, 0.15) is 42.5 Å². The smallest absolute Gasteiger partial charge is 0.260 e. The van der Waals surface area contributed by atoms with Gasteiger partial charge in [0.15, 0.2) is 0 Å². The molecule has 3 heterocycles. The number of hydrogen-bond donors (Lipinski definition) is 2. The van der Waals surface area contributed by atoms with E-state index in [0.717, 1.165) is 38.8 Å². The molecule has 2 N–H and O–H groups in total. The van der Waals surface area contributed by atoms with Gasteiger partial charge in [-0.1, -0.05) is 0 Å². The van der Waals surface area contributed by atoms with E-state index in [9.17, 15) is 9.59 Å². The van der Waals surface area contributed by atoms with Gasteiger partial charge in [-0.05, 0) is 50.8 Å². The Morgan fingerprint density at radius 1 is 1.25 bits per heavy atom. The van der Waals surface area contributed by atoms with Crippen molar-refractivity contribution in [2.45, 2.75) is 44.2 Å². The van der Waals surface area contributed by atoms with Gasteiger partial charge < -0.3 is 15.2 Å². The molecule has 0 spiro atoms. The molecule has 0 bridgehead atoms. The van der Waals surface area contributed by atoms with Crippen molar-refractivity contribution in [3.05, 3.63) is 34.2 Å². The standard InChI is InChI=1S/C15H21N3O2/c19-14-11(5-3-9-17-14)15(20)18-10-2-1-7-13(18)12-6-4-8-16-12/h3,5,9,12-13,16H,1-2,4,6-8,10H2,(H,17,19). The summed E-state index contributed by atoms with van der Waals surface area (Å²) < 4.78 is 0. The van der Waals surface area contributed by atoms with Gasteiger partial charge in [0.25, 0.3) is 11.5 Å². The number of likely N-dealkylation sites (tertiary alicyclic amines) is 1. The highest BCUT2D eigenvalue weighted by Gasteiger charge is 2.35. The van der Waals surface area contributed by atoms with E-state index < -0.39 is 0 Å². The number of aromatic nitrogens is 1. The highest BCUT2D eigenvalue weighted by Crippen LogP contribution is 2.25. The van der Waals surface area contributed by atoms with E-state index in [0.29, 0.717) is 6.04 Å². The van der Waals surface area contributed by atoms with Crippen molar-refractivity contribution in [1.29, 1.82) is 0 Å². The van der Waals surface area contributed by atoms with E-state index in [1.54, 1.807) is 18.3 Å². The summed E-state index contributed by atoms with van der Waals surface area (Å²) in [4.78, 5) is 29.0. The number of carbonyl (C=O) groups excluding carboxylic acids is 1. The van der Waals surface area contributed by atoms with Gasteiger partial charge in [0.2, 0.25) is 0 Å². The molecule has 1 aromatic rings. The first-order chi connectivity index (χ1) is 9.77. The minimum absolute atomic E-state index is 0.120. The molecule has 2 aliphatic heterocycles. The van der Waals surface area contributed by atoms with Crippen LogP contribution in [-0.4, -0.2) is 41.0 Å². The maximum absolute atomic E-state index is 12.7. The lowest BCUT2D eigenvalue weighted by atomic mass is 9.94. The average molecular weight is 275 g/mol. The first kappa shape index (κ1) is 13.4. The van der Waals surface area contributed by atoms with Crippen LogP contribution in [0.4, 0.5) is 0 Å². The molecule has 2 atom stereocenters. The summed E-state index contributed by atoms with van der Waals surface area (Å²) in [7, 11) is 0. The third-order valence-electron chi connectivity index (χ3n) is 4.42. The Kier molecular flexibility index (Phi) is 3.87. The van der Waals surface area contributed by atoms with E-state index in [-0.39, 0.29) is 23.1 Å². The van der Waals surface area contributed by atoms with Gasteiger partial charge in [-0.25, -0.2) is 0 Å². The van der Waals surface area contributed by atoms with E-state index >= 15 is 0 Å². The van der Waals surface area contributed by atoms with Gasteiger partial charge in [-0.3, -0.25) is 9.59 Å². The maximum atomic E-state index is 12.7. The monoisotopic (exact) mass is 275 g/mol. The van der Waals surface area contributed by atoms with Crippen LogP contribution < -0.4 is 10.9 Å². The van der Waals surface area contributed by atoms with Crippen LogP contribution >= 0.6 is 0 Å². The lowest BCUT2D eigenvalue weighted by Crippen LogP contribution is -2.53. The lowest BCUT2D eigenvalue weighted by Gasteiger charge is -2.39. The topological polar surface area (TPSA) is 65.2 Å². The largest absolute Gasteiger partial charge is 0.334 e. The number of piperidine rings is 1. The fourth-order valence-electron chi connectivity index (χ4n) is 3.41. The molecule has 0 radical (unpaired) electrons. The minimum Gasteiger partial charge on any atom is -0.334 e. The minimum atomic E-state index is -0.291. The van der Waals surface area contributed by atoms with Gasteiger partial charge in [0.1, 0.15) is 5.56 Å². The molecule has 2 saturated heterocycles. The Hall–Kier alpha value is -1.62. The zero-order valence-electron chi connectivity index (χ0n) is 11.6. The second-order valence-electron chi connectivity index (χ2n) is 5.68. The predicted molar refractivity (Wildman–Crippen MR) is 76.8 cm³/mol. The van der Waals surface area contributed by atoms with Crippen LogP contribution in [0.15, 0.2) is 23.1 Å². The van der Waals surface area contributed by atoms with Crippen molar-refractivity contribution in [2.24, 2.45) is 0 Å². The molecule has 5 heteroatoms. The molecular formula is C15H21N3O2. The quantitative estimate of drug-likeness (QED) is 0.850. The van der Waals surface area contributed by atoms with Crippen molar-refractivity contribution in [3.8, 4) is 0 Å². The molecule has 5 nitrogen and oxygen atoms in total. The summed E-state index contributed by atoms with van der Waals surface area (Å²) in [5.74, 6) is -0.120. The molecule has 1 aromatic heterocycles. The van der Waals surface area contributed by atoms with Crippen molar-refractivity contribution in [1.82, 2.24) is 15.2 Å². The molecule has 108 valence electrons. The van der Waals surface area contributed by atoms with Gasteiger partial charge in [-0.2, -0.15) is 0 Å². The number of rotatable bonds is 2. The number of nitrogens with one attached hydrogen (secondary N) is 2. The maximum Gasteiger partial charge on any atom is 0.260 e. The van der Waals surface area contributed by atoms with Crippen molar-refractivity contribution >= 4 is 5.91 Å². The zero-order chi connectivity index (χ0) is 13.9. The second-order valence-corrected chi connectivity index (χ2v) is 5.68. The van der Waals surface area contributed by atoms with Crippen LogP contribution in [0.25, 0.3) is 0 Å². The normalized spacial score (nSPS) is 26.7. The highest BCUT2D eigenvalue weighted by atomic mass is 16.2. The Morgan fingerprint density at radius 2 is 2.15 bits per heavy atom. The molecule has 1 amide bonds. The van der Waals surface area contributed by atoms with E-state index in [4.69, 9.17) is 0 Å². The second kappa shape index (κ2) is 5.79. The summed E-state index contributed by atoms with van der Waals surface area (Å²) in [6.45, 7) is 1.80. The van der Waals surface area contributed by atoms with Gasteiger partial charge in [0, 0.05) is 24.8 Å². The highest BCUT2D eigenvalue weighted by molar-refractivity contribution is 5.94. The number of pyridine rings is 1. The average Bonchev–Trinajstić information content (AvgIpc) is 3.01. The number of aromatic amines is 1. The lowest BCUT2D eigenvalue weighted by molar-refractivity contribution is 0.0562. The molecule has 3 rings (SSSR count). The number of carbonyl (C=O) groups is 1. The van der Waals surface area contributed by atoms with Crippen LogP contribution in [0, 0.1) is 0 Å². The fourth-order valence-corrected chi connectivity index (χ4v) is 3.41. The van der Waals surface area contributed by atoms with E-state index in [1.807, 2.05) is 4.90 Å². The SMILES string of the molecule is O=C(c1ccc[nH]c1=O)N1CCCCC1C1CCCN1. The van der Waals surface area contributed by atoms with E-state index in [2.05, 4.69) is 10.3 Å². The molecule has 2 aliphatic rings. The summed E-state index contributed by atoms with van der Waals surface area (Å²) in [6.07, 6.45) is 7.09. The van der Waals surface area contributed by atoms with Crippen molar-refractivity contribution < 1.29 is 4.79 Å². The first-order valence-electron chi connectivity index (χ1n) is 7.49.